The molecule has 8 heteroatoms. The van der Waals surface area contributed by atoms with Crippen molar-refractivity contribution in [2.75, 3.05) is 19.1 Å². The van der Waals surface area contributed by atoms with Crippen LogP contribution in [-0.2, 0) is 4.74 Å². The third-order valence-corrected chi connectivity index (χ3v) is 5.97. The highest BCUT2D eigenvalue weighted by atomic mass is 32.2. The summed E-state index contributed by atoms with van der Waals surface area (Å²) in [5.41, 5.74) is -0.871. The van der Waals surface area contributed by atoms with Crippen LogP contribution < -0.4 is 5.43 Å². The van der Waals surface area contributed by atoms with Crippen LogP contribution in [0.3, 0.4) is 0 Å². The maximum atomic E-state index is 14.4. The molecule has 0 spiro atoms. The second-order valence-electron chi connectivity index (χ2n) is 4.10. The number of hydrogen-bond donors (Lipinski definition) is 0. The molecule has 2 aromatic rings. The Morgan fingerprint density at radius 3 is 2.55 bits per heavy atom. The van der Waals surface area contributed by atoms with Gasteiger partial charge in [-0.1, -0.05) is 0 Å². The van der Waals surface area contributed by atoms with E-state index >= 15 is 0 Å². The molecule has 0 saturated carbocycles. The highest BCUT2D eigenvalue weighted by Crippen LogP contribution is 2.35. The Bertz CT molecular complexity index is 802. The summed E-state index contributed by atoms with van der Waals surface area (Å²) < 4.78 is 33.6. The summed E-state index contributed by atoms with van der Waals surface area (Å²) in [6, 6.07) is 0.982. The Kier molecular flexibility index (Phi) is 5.46. The molecular weight excluding hydrogens is 350 g/mol. The highest BCUT2D eigenvalue weighted by molar-refractivity contribution is 8.00. The number of esters is 1. The molecule has 0 bridgehead atoms. The minimum atomic E-state index is -0.812. The van der Waals surface area contributed by atoms with Crippen LogP contribution in [-0.4, -0.2) is 25.1 Å². The number of fused-ring (bicyclic) bond motifs is 1. The fraction of sp³-hybridized carbons (Fsp3) is 0.286. The van der Waals surface area contributed by atoms with Gasteiger partial charge in [-0.3, -0.25) is 4.79 Å². The second kappa shape index (κ2) is 6.97. The van der Waals surface area contributed by atoms with Crippen LogP contribution in [0.1, 0.15) is 17.3 Å². The Hall–Kier alpha value is -1.12. The van der Waals surface area contributed by atoms with Crippen molar-refractivity contribution in [3.05, 3.63) is 33.5 Å². The number of ether oxygens (including phenoxy) is 1. The number of halogens is 2. The number of hydrogen-bond acceptors (Lipinski definition) is 6. The molecule has 0 aliphatic carbocycles. The molecule has 1 aromatic heterocycles. The van der Waals surface area contributed by atoms with Crippen molar-refractivity contribution >= 4 is 50.9 Å². The summed E-state index contributed by atoms with van der Waals surface area (Å²) in [4.78, 5) is 24.3. The fourth-order valence-corrected chi connectivity index (χ4v) is 4.41. The standard InChI is InChI=1S/C14H12F2O3S3/c1-4-19-13(18)8-10(17)6-5-7(15)12(20-2)9(16)11(6)22-14(8)21-3/h5H,4H2,1-3H3. The average Bonchev–Trinajstić information content (AvgIpc) is 2.48. The second-order valence-corrected chi connectivity index (χ2v) is 7.01. The van der Waals surface area contributed by atoms with Crippen molar-refractivity contribution in [1.82, 2.24) is 0 Å². The minimum absolute atomic E-state index is 0.0492. The molecule has 0 aliphatic rings. The van der Waals surface area contributed by atoms with E-state index in [9.17, 15) is 18.4 Å². The van der Waals surface area contributed by atoms with E-state index in [2.05, 4.69) is 0 Å². The lowest BCUT2D eigenvalue weighted by Crippen LogP contribution is -2.19. The van der Waals surface area contributed by atoms with Crippen LogP contribution in [0.4, 0.5) is 8.78 Å². The van der Waals surface area contributed by atoms with Crippen LogP contribution in [0.5, 0.6) is 0 Å². The van der Waals surface area contributed by atoms with Crippen molar-refractivity contribution in [3.63, 3.8) is 0 Å². The molecule has 0 fully saturated rings. The molecular formula is C14H12F2O3S3. The maximum Gasteiger partial charge on any atom is 0.344 e. The van der Waals surface area contributed by atoms with Gasteiger partial charge >= 0.3 is 5.97 Å². The summed E-state index contributed by atoms with van der Waals surface area (Å²) in [5, 5.41) is -0.140. The van der Waals surface area contributed by atoms with Crippen LogP contribution in [0, 0.1) is 11.6 Å². The van der Waals surface area contributed by atoms with Crippen molar-refractivity contribution in [2.45, 2.75) is 16.0 Å². The van der Waals surface area contributed by atoms with Crippen molar-refractivity contribution in [2.24, 2.45) is 0 Å². The zero-order valence-corrected chi connectivity index (χ0v) is 14.4. The van der Waals surface area contributed by atoms with Gasteiger partial charge in [0.05, 0.1) is 20.4 Å². The Balaban J connectivity index is 2.89. The van der Waals surface area contributed by atoms with Gasteiger partial charge in [0.25, 0.3) is 0 Å². The number of thioether (sulfide) groups is 2. The van der Waals surface area contributed by atoms with E-state index in [1.54, 1.807) is 19.4 Å². The Morgan fingerprint density at radius 1 is 1.32 bits per heavy atom. The predicted octanol–water partition coefficient (Wildman–Crippen LogP) is 4.16. The van der Waals surface area contributed by atoms with Gasteiger partial charge in [-0.2, -0.15) is 0 Å². The SMILES string of the molecule is CCOC(=O)c1c(SC)sc2c(F)c(SC)c(F)cc2c1=O. The first-order valence-electron chi connectivity index (χ1n) is 6.20. The van der Waals surface area contributed by atoms with Gasteiger partial charge in [-0.05, 0) is 25.5 Å². The van der Waals surface area contributed by atoms with Gasteiger partial charge in [0.2, 0.25) is 5.43 Å². The van der Waals surface area contributed by atoms with Crippen molar-refractivity contribution < 1.29 is 18.3 Å². The van der Waals surface area contributed by atoms with Gasteiger partial charge < -0.3 is 4.74 Å². The van der Waals surface area contributed by atoms with Crippen LogP contribution >= 0.6 is 34.9 Å². The number of benzene rings is 1. The molecule has 0 amide bonds. The number of rotatable bonds is 4. The van der Waals surface area contributed by atoms with Crippen molar-refractivity contribution in [3.8, 4) is 0 Å². The summed E-state index contributed by atoms with van der Waals surface area (Å²) in [6.07, 6.45) is 3.23. The molecule has 0 radical (unpaired) electrons. The lowest BCUT2D eigenvalue weighted by atomic mass is 10.2. The normalized spacial score (nSPS) is 11.0. The van der Waals surface area contributed by atoms with E-state index in [1.807, 2.05) is 0 Å². The topological polar surface area (TPSA) is 43.4 Å². The Labute approximate surface area is 138 Å². The molecule has 0 saturated heterocycles. The van der Waals surface area contributed by atoms with E-state index in [4.69, 9.17) is 4.74 Å². The van der Waals surface area contributed by atoms with E-state index in [-0.39, 0.29) is 27.2 Å². The Morgan fingerprint density at radius 2 is 2.00 bits per heavy atom. The largest absolute Gasteiger partial charge is 0.462 e. The minimum Gasteiger partial charge on any atom is -0.462 e. The molecule has 0 N–H and O–H groups in total. The predicted molar refractivity (Wildman–Crippen MR) is 87.5 cm³/mol. The van der Waals surface area contributed by atoms with E-state index in [0.717, 1.165) is 40.9 Å². The third kappa shape index (κ3) is 2.87. The van der Waals surface area contributed by atoms with Gasteiger partial charge in [-0.25, -0.2) is 13.6 Å². The van der Waals surface area contributed by atoms with Gasteiger partial charge in [0.15, 0.2) is 5.82 Å². The summed E-state index contributed by atoms with van der Waals surface area (Å²) in [7, 11) is 0. The van der Waals surface area contributed by atoms with Crippen LogP contribution in [0.2, 0.25) is 0 Å². The zero-order valence-electron chi connectivity index (χ0n) is 12.0. The fourth-order valence-electron chi connectivity index (χ4n) is 1.93. The van der Waals surface area contributed by atoms with E-state index in [0.29, 0.717) is 4.21 Å². The van der Waals surface area contributed by atoms with Crippen LogP contribution in [0.15, 0.2) is 20.0 Å². The lowest BCUT2D eigenvalue weighted by molar-refractivity contribution is 0.0521. The molecule has 1 aromatic carbocycles. The molecule has 0 aliphatic heterocycles. The number of carbonyl (C=O) groups excluding carboxylic acids is 1. The molecule has 2 rings (SSSR count). The average molecular weight is 362 g/mol. The van der Waals surface area contributed by atoms with Gasteiger partial charge in [0, 0.05) is 5.39 Å². The van der Waals surface area contributed by atoms with E-state index < -0.39 is 23.0 Å². The third-order valence-electron chi connectivity index (χ3n) is 2.87. The molecule has 118 valence electrons. The van der Waals surface area contributed by atoms with Crippen LogP contribution in [0.25, 0.3) is 10.1 Å². The summed E-state index contributed by atoms with van der Waals surface area (Å²) in [5.74, 6) is -2.35. The smallest absolute Gasteiger partial charge is 0.344 e. The van der Waals surface area contributed by atoms with E-state index in [1.165, 1.54) is 0 Å². The molecule has 3 nitrogen and oxygen atoms in total. The molecule has 22 heavy (non-hydrogen) atoms. The highest BCUT2D eigenvalue weighted by Gasteiger charge is 2.24. The first-order valence-corrected chi connectivity index (χ1v) is 9.46. The molecule has 0 unspecified atom stereocenters. The molecule has 0 atom stereocenters. The maximum absolute atomic E-state index is 14.4. The lowest BCUT2D eigenvalue weighted by Gasteiger charge is -2.10. The zero-order chi connectivity index (χ0) is 16.4. The summed E-state index contributed by atoms with van der Waals surface area (Å²) in [6.45, 7) is 1.73. The first kappa shape index (κ1) is 17.2. The molecule has 1 heterocycles. The monoisotopic (exact) mass is 362 g/mol. The van der Waals surface area contributed by atoms with Gasteiger partial charge in [-0.15, -0.1) is 34.9 Å². The number of carbonyl (C=O) groups is 1. The quantitative estimate of drug-likeness (QED) is 0.604. The van der Waals surface area contributed by atoms with Gasteiger partial charge in [0.1, 0.15) is 11.4 Å². The summed E-state index contributed by atoms with van der Waals surface area (Å²) >= 11 is 3.04. The first-order chi connectivity index (χ1) is 10.5. The van der Waals surface area contributed by atoms with Crippen molar-refractivity contribution in [1.29, 1.82) is 0 Å².